The van der Waals surface area contributed by atoms with Crippen LogP contribution in [0.3, 0.4) is 0 Å². The van der Waals surface area contributed by atoms with Crippen molar-refractivity contribution in [3.05, 3.63) is 69.5 Å². The van der Waals surface area contributed by atoms with Gasteiger partial charge in [0.15, 0.2) is 0 Å². The maximum absolute atomic E-state index is 12.9. The zero-order chi connectivity index (χ0) is 24.9. The van der Waals surface area contributed by atoms with Crippen LogP contribution in [0.1, 0.15) is 28.5 Å². The lowest BCUT2D eigenvalue weighted by Crippen LogP contribution is -2.18. The molecule has 1 aromatic carbocycles. The topological polar surface area (TPSA) is 143 Å². The van der Waals surface area contributed by atoms with Gasteiger partial charge in [0.2, 0.25) is 5.95 Å². The number of nitro groups is 1. The molecule has 3 rings (SSSR count). The molecule has 3 N–H and O–H groups in total. The molecule has 0 unspecified atom stereocenters. The van der Waals surface area contributed by atoms with Crippen molar-refractivity contribution in [1.82, 2.24) is 15.0 Å². The second-order valence-electron chi connectivity index (χ2n) is 6.96. The molecule has 34 heavy (non-hydrogen) atoms. The van der Waals surface area contributed by atoms with Crippen LogP contribution in [0.15, 0.2) is 42.6 Å². The molecule has 0 aliphatic heterocycles. The van der Waals surface area contributed by atoms with Crippen LogP contribution in [0.4, 0.5) is 30.6 Å². The van der Waals surface area contributed by atoms with E-state index in [0.717, 1.165) is 18.3 Å². The SMILES string of the molecule is CCc1nc(NCCNc2ccc([N+](=O)[O-])cn2)nc(-c2ccc(C(F)(F)F)cc2)c1C(=O)O. The number of anilines is 2. The number of halogens is 3. The Balaban J connectivity index is 1.79. The van der Waals surface area contributed by atoms with Crippen molar-refractivity contribution in [2.45, 2.75) is 19.5 Å². The third-order valence-corrected chi connectivity index (χ3v) is 4.69. The first-order chi connectivity index (χ1) is 16.1. The Hall–Kier alpha value is -4.29. The number of alkyl halides is 3. The Labute approximate surface area is 191 Å². The average molecular weight is 476 g/mol. The van der Waals surface area contributed by atoms with Crippen LogP contribution in [0.5, 0.6) is 0 Å². The molecule has 3 aromatic rings. The third-order valence-electron chi connectivity index (χ3n) is 4.69. The highest BCUT2D eigenvalue weighted by atomic mass is 19.4. The summed E-state index contributed by atoms with van der Waals surface area (Å²) in [6.45, 7) is 2.31. The number of pyridine rings is 1. The van der Waals surface area contributed by atoms with Crippen LogP contribution in [0.25, 0.3) is 11.3 Å². The average Bonchev–Trinajstić information content (AvgIpc) is 2.80. The number of aromatic carboxylic acids is 1. The van der Waals surface area contributed by atoms with E-state index in [4.69, 9.17) is 0 Å². The largest absolute Gasteiger partial charge is 0.478 e. The predicted octanol–water partition coefficient (Wildman–Crippen LogP) is 4.25. The summed E-state index contributed by atoms with van der Waals surface area (Å²) in [5.74, 6) is -0.770. The highest BCUT2D eigenvalue weighted by Crippen LogP contribution is 2.32. The van der Waals surface area contributed by atoms with Crippen LogP contribution in [-0.4, -0.2) is 44.0 Å². The van der Waals surface area contributed by atoms with Crippen molar-refractivity contribution < 1.29 is 28.0 Å². The van der Waals surface area contributed by atoms with Gasteiger partial charge in [0, 0.05) is 24.7 Å². The second kappa shape index (κ2) is 10.1. The van der Waals surface area contributed by atoms with Crippen molar-refractivity contribution >= 4 is 23.4 Å². The second-order valence-corrected chi connectivity index (χ2v) is 6.96. The molecule has 0 aliphatic rings. The fraction of sp³-hybridized carbons (Fsp3) is 0.238. The van der Waals surface area contributed by atoms with Crippen LogP contribution >= 0.6 is 0 Å². The number of hydrogen-bond acceptors (Lipinski definition) is 8. The first-order valence-electron chi connectivity index (χ1n) is 10.00. The number of carboxylic acid groups (broad SMARTS) is 1. The molecule has 0 bridgehead atoms. The molecule has 0 saturated carbocycles. The van der Waals surface area contributed by atoms with Gasteiger partial charge in [0.25, 0.3) is 5.69 Å². The quantitative estimate of drug-likeness (QED) is 0.235. The van der Waals surface area contributed by atoms with Crippen molar-refractivity contribution in [3.8, 4) is 11.3 Å². The number of aromatic nitrogens is 3. The summed E-state index contributed by atoms with van der Waals surface area (Å²) in [7, 11) is 0. The third kappa shape index (κ3) is 5.74. The normalized spacial score (nSPS) is 11.2. The lowest BCUT2D eigenvalue weighted by atomic mass is 10.0. The number of rotatable bonds is 9. The van der Waals surface area contributed by atoms with Crippen molar-refractivity contribution in [2.75, 3.05) is 23.7 Å². The van der Waals surface area contributed by atoms with Crippen LogP contribution in [0.2, 0.25) is 0 Å². The zero-order valence-electron chi connectivity index (χ0n) is 17.8. The van der Waals surface area contributed by atoms with E-state index in [9.17, 15) is 33.2 Å². The number of nitrogens with zero attached hydrogens (tertiary/aromatic N) is 4. The Kier molecular flexibility index (Phi) is 7.24. The van der Waals surface area contributed by atoms with E-state index in [1.165, 1.54) is 24.3 Å². The number of nitrogens with one attached hydrogen (secondary N) is 2. The van der Waals surface area contributed by atoms with E-state index >= 15 is 0 Å². The first kappa shape index (κ1) is 24.4. The van der Waals surface area contributed by atoms with Gasteiger partial charge < -0.3 is 15.7 Å². The molecular formula is C21H19F3N6O4. The summed E-state index contributed by atoms with van der Waals surface area (Å²) in [6, 6.07) is 6.83. The van der Waals surface area contributed by atoms with Crippen LogP contribution in [-0.2, 0) is 12.6 Å². The Morgan fingerprint density at radius 3 is 2.29 bits per heavy atom. The molecule has 2 heterocycles. The summed E-state index contributed by atoms with van der Waals surface area (Å²) in [5.41, 5.74) is -0.745. The van der Waals surface area contributed by atoms with Gasteiger partial charge in [0.1, 0.15) is 17.6 Å². The van der Waals surface area contributed by atoms with Gasteiger partial charge in [-0.3, -0.25) is 10.1 Å². The summed E-state index contributed by atoms with van der Waals surface area (Å²) in [5, 5.41) is 26.2. The molecule has 178 valence electrons. The molecule has 0 radical (unpaired) electrons. The first-order valence-corrected chi connectivity index (χ1v) is 10.00. The number of hydrogen-bond donors (Lipinski definition) is 3. The number of carboxylic acids is 1. The lowest BCUT2D eigenvalue weighted by Gasteiger charge is -2.14. The van der Waals surface area contributed by atoms with Gasteiger partial charge in [0.05, 0.1) is 21.9 Å². The molecule has 0 fully saturated rings. The van der Waals surface area contributed by atoms with Gasteiger partial charge in [-0.05, 0) is 24.6 Å². The summed E-state index contributed by atoms with van der Waals surface area (Å²) in [4.78, 5) is 34.4. The standard InChI is InChI=1S/C21H19F3N6O4/c1-2-15-17(19(31)32)18(12-3-5-13(6-4-12)21(22,23)24)29-20(28-15)26-10-9-25-16-8-7-14(11-27-16)30(33)34/h3-8,11H,2,9-10H2,1H3,(H,25,27)(H,31,32)(H,26,28,29). The Morgan fingerprint density at radius 2 is 1.76 bits per heavy atom. The minimum Gasteiger partial charge on any atom is -0.478 e. The monoisotopic (exact) mass is 476 g/mol. The van der Waals surface area contributed by atoms with Crippen LogP contribution in [0, 0.1) is 10.1 Å². The van der Waals surface area contributed by atoms with E-state index in [0.29, 0.717) is 12.4 Å². The predicted molar refractivity (Wildman–Crippen MR) is 117 cm³/mol. The molecule has 0 spiro atoms. The smallest absolute Gasteiger partial charge is 0.416 e. The lowest BCUT2D eigenvalue weighted by molar-refractivity contribution is -0.385. The van der Waals surface area contributed by atoms with Crippen molar-refractivity contribution in [2.24, 2.45) is 0 Å². The van der Waals surface area contributed by atoms with E-state index in [-0.39, 0.29) is 47.1 Å². The van der Waals surface area contributed by atoms with Crippen molar-refractivity contribution in [1.29, 1.82) is 0 Å². The summed E-state index contributed by atoms with van der Waals surface area (Å²) >= 11 is 0. The highest BCUT2D eigenvalue weighted by molar-refractivity contribution is 5.96. The Morgan fingerprint density at radius 1 is 1.09 bits per heavy atom. The van der Waals surface area contributed by atoms with E-state index < -0.39 is 22.6 Å². The fourth-order valence-electron chi connectivity index (χ4n) is 3.06. The molecule has 0 amide bonds. The van der Waals surface area contributed by atoms with Gasteiger partial charge in [-0.1, -0.05) is 19.1 Å². The Bertz CT molecular complexity index is 1180. The van der Waals surface area contributed by atoms with Gasteiger partial charge >= 0.3 is 12.1 Å². The molecule has 10 nitrogen and oxygen atoms in total. The number of carbonyl (C=O) groups is 1. The molecule has 2 aromatic heterocycles. The molecule has 13 heteroatoms. The summed E-state index contributed by atoms with van der Waals surface area (Å²) < 4.78 is 38.7. The van der Waals surface area contributed by atoms with Gasteiger partial charge in [-0.15, -0.1) is 0 Å². The highest BCUT2D eigenvalue weighted by Gasteiger charge is 2.30. The molecule has 0 aliphatic carbocycles. The van der Waals surface area contributed by atoms with Crippen molar-refractivity contribution in [3.63, 3.8) is 0 Å². The number of aryl methyl sites for hydroxylation is 1. The molecule has 0 atom stereocenters. The van der Waals surface area contributed by atoms with Crippen LogP contribution < -0.4 is 10.6 Å². The van der Waals surface area contributed by atoms with Gasteiger partial charge in [-0.25, -0.2) is 19.7 Å². The van der Waals surface area contributed by atoms with Gasteiger partial charge in [-0.2, -0.15) is 13.2 Å². The fourth-order valence-corrected chi connectivity index (χ4v) is 3.06. The zero-order valence-corrected chi connectivity index (χ0v) is 17.8. The van der Waals surface area contributed by atoms with E-state index in [1.807, 2.05) is 0 Å². The van der Waals surface area contributed by atoms with E-state index in [1.54, 1.807) is 6.92 Å². The minimum absolute atomic E-state index is 0.000527. The maximum atomic E-state index is 12.9. The van der Waals surface area contributed by atoms with E-state index in [2.05, 4.69) is 25.6 Å². The minimum atomic E-state index is -4.52. The summed E-state index contributed by atoms with van der Waals surface area (Å²) in [6.07, 6.45) is -3.14. The number of benzene rings is 1. The molecule has 0 saturated heterocycles. The molecular weight excluding hydrogens is 457 g/mol. The maximum Gasteiger partial charge on any atom is 0.416 e.